The molecule has 0 saturated heterocycles. The Kier molecular flexibility index (Phi) is 5.57. The Labute approximate surface area is 138 Å². The lowest BCUT2D eigenvalue weighted by Crippen LogP contribution is -2.41. The average Bonchev–Trinajstić information content (AvgIpc) is 2.23. The third-order valence-electron chi connectivity index (χ3n) is 5.19. The van der Waals surface area contributed by atoms with Crippen molar-refractivity contribution in [2.45, 2.75) is 78.4 Å². The van der Waals surface area contributed by atoms with Gasteiger partial charge in [-0.2, -0.15) is 0 Å². The van der Waals surface area contributed by atoms with Gasteiger partial charge in [0.25, 0.3) is 0 Å². The Morgan fingerprint density at radius 2 is 1.45 bits per heavy atom. The molecule has 0 fully saturated rings. The Hall–Kier alpha value is -0.803. The molecule has 0 radical (unpaired) electrons. The summed E-state index contributed by atoms with van der Waals surface area (Å²) in [6.07, 6.45) is 0.992. The van der Waals surface area contributed by atoms with E-state index in [1.54, 1.807) is 0 Å². The van der Waals surface area contributed by atoms with Gasteiger partial charge in [-0.25, -0.2) is 0 Å². The molecule has 0 aliphatic heterocycles. The van der Waals surface area contributed by atoms with Crippen LogP contribution in [0.4, 0.5) is 0 Å². The Morgan fingerprint density at radius 1 is 1.00 bits per heavy atom. The van der Waals surface area contributed by atoms with Gasteiger partial charge in [0.05, 0.1) is 0 Å². The molecule has 0 bridgehead atoms. The molecule has 1 aromatic carbocycles. The highest BCUT2D eigenvalue weighted by Gasteiger charge is 2.37. The molecule has 0 spiro atoms. The van der Waals surface area contributed by atoms with Gasteiger partial charge < -0.3 is 9.53 Å². The van der Waals surface area contributed by atoms with Gasteiger partial charge in [-0.1, -0.05) is 34.6 Å². The van der Waals surface area contributed by atoms with Crippen molar-refractivity contribution in [3.63, 3.8) is 0 Å². The van der Waals surface area contributed by atoms with E-state index < -0.39 is 8.32 Å². The molecule has 0 unspecified atom stereocenters. The van der Waals surface area contributed by atoms with E-state index in [-0.39, 0.29) is 10.5 Å². The number of aromatic hydroxyl groups is 1. The average molecular weight is 323 g/mol. The highest BCUT2D eigenvalue weighted by molar-refractivity contribution is 6.74. The van der Waals surface area contributed by atoms with Crippen LogP contribution in [0, 0.1) is 13.8 Å². The molecule has 2 nitrogen and oxygen atoms in total. The number of hydrogen-bond acceptors (Lipinski definition) is 2. The molecule has 1 rings (SSSR count). The van der Waals surface area contributed by atoms with Crippen molar-refractivity contribution in [2.24, 2.45) is 0 Å². The summed E-state index contributed by atoms with van der Waals surface area (Å²) in [4.78, 5) is 0. The van der Waals surface area contributed by atoms with E-state index >= 15 is 0 Å². The maximum Gasteiger partial charge on any atom is 0.191 e. The van der Waals surface area contributed by atoms with Gasteiger partial charge >= 0.3 is 0 Å². The van der Waals surface area contributed by atoms with Gasteiger partial charge in [0.1, 0.15) is 5.75 Å². The molecule has 1 aromatic rings. The zero-order chi connectivity index (χ0) is 17.3. The largest absolute Gasteiger partial charge is 0.508 e. The molecule has 0 amide bonds. The van der Waals surface area contributed by atoms with Crippen LogP contribution in [-0.4, -0.2) is 20.0 Å². The lowest BCUT2D eigenvalue weighted by molar-refractivity contribution is 0.250. The van der Waals surface area contributed by atoms with Gasteiger partial charge in [0.15, 0.2) is 8.32 Å². The van der Waals surface area contributed by atoms with Crippen molar-refractivity contribution in [2.75, 3.05) is 6.61 Å². The van der Waals surface area contributed by atoms with Crippen molar-refractivity contribution in [3.05, 3.63) is 28.8 Å². The molecule has 0 aliphatic carbocycles. The van der Waals surface area contributed by atoms with E-state index in [9.17, 15) is 5.11 Å². The van der Waals surface area contributed by atoms with Crippen LogP contribution in [0.5, 0.6) is 5.75 Å². The first-order valence-electron chi connectivity index (χ1n) is 8.22. The molecule has 0 aromatic heterocycles. The molecule has 22 heavy (non-hydrogen) atoms. The van der Waals surface area contributed by atoms with Gasteiger partial charge in [0, 0.05) is 6.61 Å². The fourth-order valence-electron chi connectivity index (χ4n) is 2.91. The van der Waals surface area contributed by atoms with E-state index in [4.69, 9.17) is 4.43 Å². The molecule has 0 heterocycles. The van der Waals surface area contributed by atoms with Gasteiger partial charge in [-0.05, 0) is 72.6 Å². The highest BCUT2D eigenvalue weighted by atomic mass is 28.4. The molecule has 1 N–H and O–H groups in total. The van der Waals surface area contributed by atoms with Crippen LogP contribution in [0.3, 0.4) is 0 Å². The number of benzene rings is 1. The quantitative estimate of drug-likeness (QED) is 0.705. The maximum atomic E-state index is 9.74. The van der Waals surface area contributed by atoms with E-state index in [0.29, 0.717) is 5.75 Å². The van der Waals surface area contributed by atoms with E-state index in [1.807, 2.05) is 12.1 Å². The first-order chi connectivity index (χ1) is 9.78. The zero-order valence-electron chi connectivity index (χ0n) is 15.9. The SMILES string of the molecule is Cc1cc(O)cc(C)c1C(C)(C)CCO[Si](C)(C)C(C)(C)C. The number of rotatable bonds is 5. The molecular formula is C19H34O2Si. The first kappa shape index (κ1) is 19.2. The van der Waals surface area contributed by atoms with E-state index in [0.717, 1.165) is 24.2 Å². The standard InChI is InChI=1S/C19H34O2Si/c1-14-12-16(20)13-15(2)17(14)19(6,7)10-11-21-22(8,9)18(3,4)5/h12-13,20H,10-11H2,1-9H3. The summed E-state index contributed by atoms with van der Waals surface area (Å²) in [5, 5.41) is 9.99. The number of hydrogen-bond donors (Lipinski definition) is 1. The van der Waals surface area contributed by atoms with Crippen LogP contribution >= 0.6 is 0 Å². The summed E-state index contributed by atoms with van der Waals surface area (Å²) < 4.78 is 6.34. The number of aryl methyl sites for hydroxylation is 2. The fourth-order valence-corrected chi connectivity index (χ4v) is 3.96. The molecule has 0 atom stereocenters. The van der Waals surface area contributed by atoms with Gasteiger partial charge in [-0.15, -0.1) is 0 Å². The Morgan fingerprint density at radius 3 is 1.86 bits per heavy atom. The van der Waals surface area contributed by atoms with E-state index in [1.165, 1.54) is 5.56 Å². The predicted octanol–water partition coefficient (Wildman–Crippen LogP) is 5.70. The summed E-state index contributed by atoms with van der Waals surface area (Å²) in [7, 11) is -1.68. The lowest BCUT2D eigenvalue weighted by atomic mass is 9.77. The monoisotopic (exact) mass is 322 g/mol. The summed E-state index contributed by atoms with van der Waals surface area (Å²) in [5.41, 5.74) is 3.71. The molecule has 0 saturated carbocycles. The van der Waals surface area contributed by atoms with E-state index in [2.05, 4.69) is 61.6 Å². The third kappa shape index (κ3) is 4.36. The van der Waals surface area contributed by atoms with Crippen molar-refractivity contribution < 1.29 is 9.53 Å². The van der Waals surface area contributed by atoms with Crippen molar-refractivity contribution in [1.82, 2.24) is 0 Å². The summed E-state index contributed by atoms with van der Waals surface area (Å²) in [5.74, 6) is 0.354. The van der Waals surface area contributed by atoms with Crippen LogP contribution in [-0.2, 0) is 9.84 Å². The Balaban J connectivity index is 2.86. The van der Waals surface area contributed by atoms with Gasteiger partial charge in [-0.3, -0.25) is 0 Å². The second-order valence-electron chi connectivity index (χ2n) is 8.70. The second kappa shape index (κ2) is 6.36. The van der Waals surface area contributed by atoms with Crippen LogP contribution in [0.15, 0.2) is 12.1 Å². The third-order valence-corrected chi connectivity index (χ3v) is 9.73. The fraction of sp³-hybridized carbons (Fsp3) is 0.684. The molecule has 3 heteroatoms. The molecular weight excluding hydrogens is 288 g/mol. The molecule has 0 aliphatic rings. The van der Waals surface area contributed by atoms with Crippen molar-refractivity contribution in [1.29, 1.82) is 0 Å². The van der Waals surface area contributed by atoms with Crippen molar-refractivity contribution >= 4 is 8.32 Å². The maximum absolute atomic E-state index is 9.74. The summed E-state index contributed by atoms with van der Waals surface area (Å²) >= 11 is 0. The van der Waals surface area contributed by atoms with Gasteiger partial charge in [0.2, 0.25) is 0 Å². The number of phenolic OH excluding ortho intramolecular Hbond substituents is 1. The van der Waals surface area contributed by atoms with Crippen LogP contribution < -0.4 is 0 Å². The molecule has 126 valence electrons. The minimum Gasteiger partial charge on any atom is -0.508 e. The zero-order valence-corrected chi connectivity index (χ0v) is 16.9. The lowest BCUT2D eigenvalue weighted by Gasteiger charge is -2.37. The first-order valence-corrected chi connectivity index (χ1v) is 11.1. The minimum absolute atomic E-state index is 0.0459. The minimum atomic E-state index is -1.68. The topological polar surface area (TPSA) is 29.5 Å². The van der Waals surface area contributed by atoms with Crippen LogP contribution in [0.2, 0.25) is 18.1 Å². The van der Waals surface area contributed by atoms with Crippen LogP contribution in [0.25, 0.3) is 0 Å². The summed E-state index contributed by atoms with van der Waals surface area (Å²) in [6.45, 7) is 20.9. The number of phenols is 1. The smallest absolute Gasteiger partial charge is 0.191 e. The summed E-state index contributed by atoms with van der Waals surface area (Å²) in [6, 6.07) is 3.72. The highest BCUT2D eigenvalue weighted by Crippen LogP contribution is 2.38. The normalized spacial score (nSPS) is 13.5. The van der Waals surface area contributed by atoms with Crippen LogP contribution in [0.1, 0.15) is 57.7 Å². The predicted molar refractivity (Wildman–Crippen MR) is 98.4 cm³/mol. The second-order valence-corrected chi connectivity index (χ2v) is 13.5. The van der Waals surface area contributed by atoms with Crippen molar-refractivity contribution in [3.8, 4) is 5.75 Å². The Bertz CT molecular complexity index is 502.